The van der Waals surface area contributed by atoms with Crippen LogP contribution in [0.15, 0.2) is 4.90 Å². The number of sulfonamides is 1. The van der Waals surface area contributed by atoms with Crippen LogP contribution in [0.2, 0.25) is 0 Å². The first-order chi connectivity index (χ1) is 10.4. The van der Waals surface area contributed by atoms with Gasteiger partial charge in [-0.3, -0.25) is 4.68 Å². The third-order valence-corrected chi connectivity index (χ3v) is 6.97. The number of rotatable bonds is 3. The van der Waals surface area contributed by atoms with Gasteiger partial charge in [0.25, 0.3) is 0 Å². The van der Waals surface area contributed by atoms with Gasteiger partial charge < -0.3 is 9.47 Å². The van der Waals surface area contributed by atoms with Gasteiger partial charge in [0.1, 0.15) is 11.0 Å². The lowest BCUT2D eigenvalue weighted by atomic mass is 10.2. The van der Waals surface area contributed by atoms with Crippen molar-refractivity contribution in [3.8, 4) is 0 Å². The number of morpholine rings is 1. The van der Waals surface area contributed by atoms with E-state index in [2.05, 4.69) is 5.10 Å². The van der Waals surface area contributed by atoms with E-state index in [-0.39, 0.29) is 18.2 Å². The Bertz CT molecular complexity index is 670. The maximum atomic E-state index is 13.2. The molecule has 3 atom stereocenters. The normalized spacial score (nSPS) is 29.7. The van der Waals surface area contributed by atoms with Gasteiger partial charge in [0, 0.05) is 20.7 Å². The number of nitrogens with zero attached hydrogens (tertiary/aromatic N) is 3. The van der Waals surface area contributed by atoms with Gasteiger partial charge in [-0.05, 0) is 26.7 Å². The zero-order chi connectivity index (χ0) is 16.1. The van der Waals surface area contributed by atoms with Crippen LogP contribution in [0.4, 0.5) is 0 Å². The fraction of sp³-hybridized carbons (Fsp3) is 0.786. The van der Waals surface area contributed by atoms with Gasteiger partial charge in [0.15, 0.2) is 0 Å². The van der Waals surface area contributed by atoms with Crippen molar-refractivity contribution in [2.24, 2.45) is 7.05 Å². The van der Waals surface area contributed by atoms with Gasteiger partial charge in [-0.1, -0.05) is 0 Å². The minimum atomic E-state index is -3.57. The van der Waals surface area contributed by atoms with E-state index in [0.29, 0.717) is 29.4 Å². The van der Waals surface area contributed by atoms with Crippen molar-refractivity contribution in [2.75, 3.05) is 20.3 Å². The third kappa shape index (κ3) is 2.29. The van der Waals surface area contributed by atoms with Gasteiger partial charge in [-0.15, -0.1) is 0 Å². The Labute approximate surface area is 131 Å². The van der Waals surface area contributed by atoms with Crippen LogP contribution in [0.1, 0.15) is 24.2 Å². The summed E-state index contributed by atoms with van der Waals surface area (Å²) in [6.07, 6.45) is 1.38. The molecule has 2 aliphatic rings. The van der Waals surface area contributed by atoms with E-state index in [1.54, 1.807) is 37.0 Å². The molecule has 0 unspecified atom stereocenters. The molecule has 1 aliphatic heterocycles. The Hall–Kier alpha value is -0.960. The minimum absolute atomic E-state index is 0.0286. The molecule has 2 heterocycles. The monoisotopic (exact) mass is 329 g/mol. The van der Waals surface area contributed by atoms with Gasteiger partial charge in [-0.2, -0.15) is 9.40 Å². The largest absolute Gasteiger partial charge is 0.379 e. The highest BCUT2D eigenvalue weighted by Gasteiger charge is 2.48. The van der Waals surface area contributed by atoms with Crippen LogP contribution in [-0.4, -0.2) is 61.0 Å². The maximum Gasteiger partial charge on any atom is 0.247 e. The second-order valence-corrected chi connectivity index (χ2v) is 7.82. The lowest BCUT2D eigenvalue weighted by molar-refractivity contribution is -0.0848. The number of hydrogen-bond acceptors (Lipinski definition) is 5. The van der Waals surface area contributed by atoms with E-state index < -0.39 is 10.0 Å². The first-order valence-electron chi connectivity index (χ1n) is 7.54. The Morgan fingerprint density at radius 1 is 1.32 bits per heavy atom. The quantitative estimate of drug-likeness (QED) is 0.812. The van der Waals surface area contributed by atoms with Crippen LogP contribution < -0.4 is 0 Å². The standard InChI is InChI=1S/C14H23N3O4S/c1-9-14(10(2)16(3)15-9)22(18,19)17-7-8-21-13-11(17)5-6-12(13)20-4/h11-13H,5-8H2,1-4H3/t11-,12-,13+/m1/s1. The number of aryl methyl sites for hydroxylation is 2. The summed E-state index contributed by atoms with van der Waals surface area (Å²) in [4.78, 5) is 0.330. The molecule has 3 rings (SSSR count). The van der Waals surface area contributed by atoms with Crippen LogP contribution in [0.5, 0.6) is 0 Å². The van der Waals surface area contributed by atoms with Crippen molar-refractivity contribution < 1.29 is 17.9 Å². The van der Waals surface area contributed by atoms with Crippen LogP contribution in [0.3, 0.4) is 0 Å². The molecule has 0 N–H and O–H groups in total. The highest BCUT2D eigenvalue weighted by atomic mass is 32.2. The number of methoxy groups -OCH3 is 1. The van der Waals surface area contributed by atoms with Crippen LogP contribution in [-0.2, 0) is 26.5 Å². The second-order valence-electron chi connectivity index (χ2n) is 5.99. The molecule has 0 aromatic carbocycles. The van der Waals surface area contributed by atoms with E-state index in [1.807, 2.05) is 0 Å². The van der Waals surface area contributed by atoms with Gasteiger partial charge in [-0.25, -0.2) is 8.42 Å². The molecule has 8 heteroatoms. The zero-order valence-electron chi connectivity index (χ0n) is 13.4. The molecule has 124 valence electrons. The molecule has 7 nitrogen and oxygen atoms in total. The first kappa shape index (κ1) is 15.9. The molecule has 0 spiro atoms. The Morgan fingerprint density at radius 2 is 2.05 bits per heavy atom. The van der Waals surface area contributed by atoms with Gasteiger partial charge >= 0.3 is 0 Å². The number of fused-ring (bicyclic) bond motifs is 1. The molecule has 2 fully saturated rings. The third-order valence-electron chi connectivity index (χ3n) is 4.80. The first-order valence-corrected chi connectivity index (χ1v) is 8.98. The van der Waals surface area contributed by atoms with E-state index in [0.717, 1.165) is 12.8 Å². The van der Waals surface area contributed by atoms with E-state index >= 15 is 0 Å². The van der Waals surface area contributed by atoms with E-state index in [4.69, 9.17) is 9.47 Å². The summed E-state index contributed by atoms with van der Waals surface area (Å²) in [5.74, 6) is 0. The topological polar surface area (TPSA) is 73.7 Å². The highest BCUT2D eigenvalue weighted by Crippen LogP contribution is 2.36. The molecule has 0 radical (unpaired) electrons. The molecular weight excluding hydrogens is 306 g/mol. The van der Waals surface area contributed by atoms with Crippen molar-refractivity contribution in [3.05, 3.63) is 11.4 Å². The van der Waals surface area contributed by atoms with Gasteiger partial charge in [0.2, 0.25) is 10.0 Å². The molecule has 1 aliphatic carbocycles. The van der Waals surface area contributed by atoms with Crippen molar-refractivity contribution in [1.82, 2.24) is 14.1 Å². The summed E-state index contributed by atoms with van der Waals surface area (Å²) in [6.45, 7) is 4.31. The SMILES string of the molecule is CO[C@@H]1CC[C@@H]2[C@@H]1OCCN2S(=O)(=O)c1c(C)nn(C)c1C. The summed E-state index contributed by atoms with van der Waals surface area (Å²) in [7, 11) is -0.158. The minimum Gasteiger partial charge on any atom is -0.379 e. The molecule has 1 saturated heterocycles. The molecular formula is C14H23N3O4S. The maximum absolute atomic E-state index is 13.2. The van der Waals surface area contributed by atoms with Crippen LogP contribution >= 0.6 is 0 Å². The fourth-order valence-corrected chi connectivity index (χ4v) is 5.73. The predicted octanol–water partition coefficient (Wildman–Crippen LogP) is 0.604. The van der Waals surface area contributed by atoms with E-state index in [9.17, 15) is 8.42 Å². The molecule has 0 amide bonds. The summed E-state index contributed by atoms with van der Waals surface area (Å²) < 4.78 is 40.7. The Morgan fingerprint density at radius 3 is 2.64 bits per heavy atom. The van der Waals surface area contributed by atoms with Gasteiger partial charge in [0.05, 0.1) is 30.1 Å². The molecule has 1 saturated carbocycles. The number of aromatic nitrogens is 2. The summed E-state index contributed by atoms with van der Waals surface area (Å²) in [6, 6.07) is -0.150. The number of hydrogen-bond donors (Lipinski definition) is 0. The Balaban J connectivity index is 1.99. The van der Waals surface area contributed by atoms with Crippen LogP contribution in [0.25, 0.3) is 0 Å². The summed E-state index contributed by atoms with van der Waals surface area (Å²) in [5, 5.41) is 4.24. The van der Waals surface area contributed by atoms with Crippen molar-refractivity contribution in [3.63, 3.8) is 0 Å². The van der Waals surface area contributed by atoms with E-state index in [1.165, 1.54) is 0 Å². The van der Waals surface area contributed by atoms with Crippen molar-refractivity contribution >= 4 is 10.0 Å². The average molecular weight is 329 g/mol. The predicted molar refractivity (Wildman–Crippen MR) is 80.1 cm³/mol. The Kier molecular flexibility index (Phi) is 4.05. The molecule has 1 aromatic rings. The highest BCUT2D eigenvalue weighted by molar-refractivity contribution is 7.89. The average Bonchev–Trinajstić information content (AvgIpc) is 2.99. The zero-order valence-corrected chi connectivity index (χ0v) is 14.3. The van der Waals surface area contributed by atoms with Crippen molar-refractivity contribution in [1.29, 1.82) is 0 Å². The lowest BCUT2D eigenvalue weighted by Crippen LogP contribution is -2.53. The van der Waals surface area contributed by atoms with Crippen LogP contribution in [0, 0.1) is 13.8 Å². The number of ether oxygens (including phenoxy) is 2. The second kappa shape index (κ2) is 5.59. The molecule has 0 bridgehead atoms. The molecule has 1 aromatic heterocycles. The molecule has 22 heavy (non-hydrogen) atoms. The summed E-state index contributed by atoms with van der Waals surface area (Å²) in [5.41, 5.74) is 1.21. The lowest BCUT2D eigenvalue weighted by Gasteiger charge is -2.37. The summed E-state index contributed by atoms with van der Waals surface area (Å²) >= 11 is 0. The van der Waals surface area contributed by atoms with Crippen molar-refractivity contribution in [2.45, 2.75) is 49.8 Å². The fourth-order valence-electron chi connectivity index (χ4n) is 3.68. The smallest absolute Gasteiger partial charge is 0.247 e.